The third kappa shape index (κ3) is 4.70. The third-order valence-electron chi connectivity index (χ3n) is 13.3. The van der Waals surface area contributed by atoms with Crippen molar-refractivity contribution in [3.05, 3.63) is 205 Å². The van der Waals surface area contributed by atoms with Gasteiger partial charge >= 0.3 is 0 Å². The summed E-state index contributed by atoms with van der Waals surface area (Å²) < 4.78 is 5.17. The minimum absolute atomic E-state index is 0.122. The van der Waals surface area contributed by atoms with Gasteiger partial charge in [0.15, 0.2) is 0 Å². The highest BCUT2D eigenvalue weighted by Crippen LogP contribution is 2.52. The van der Waals surface area contributed by atoms with E-state index in [1.54, 1.807) is 0 Å². The maximum absolute atomic E-state index is 2.54. The average molecular weight is 783 g/mol. The van der Waals surface area contributed by atoms with E-state index in [0.717, 1.165) is 17.1 Å². The van der Waals surface area contributed by atoms with Gasteiger partial charge in [-0.2, -0.15) is 0 Å². The normalized spacial score (nSPS) is 13.3. The van der Waals surface area contributed by atoms with Gasteiger partial charge < -0.3 is 9.47 Å². The summed E-state index contributed by atoms with van der Waals surface area (Å²) in [5, 5.41) is 12.7. The molecule has 10 aromatic carbocycles. The summed E-state index contributed by atoms with van der Waals surface area (Å²) >= 11 is 1.91. The summed E-state index contributed by atoms with van der Waals surface area (Å²) in [6.45, 7) is 4.74. The van der Waals surface area contributed by atoms with Crippen LogP contribution in [0.15, 0.2) is 194 Å². The first kappa shape index (κ1) is 33.7. The van der Waals surface area contributed by atoms with Crippen molar-refractivity contribution in [3.8, 4) is 16.8 Å². The molecule has 0 saturated carbocycles. The molecule has 12 aromatic rings. The Balaban J connectivity index is 1.14. The first-order valence-electron chi connectivity index (χ1n) is 20.8. The first-order chi connectivity index (χ1) is 29.5. The number of hydrogen-bond donors (Lipinski definition) is 0. The van der Waals surface area contributed by atoms with Gasteiger partial charge in [-0.15, -0.1) is 11.3 Å². The molecule has 2 nitrogen and oxygen atoms in total. The van der Waals surface area contributed by atoms with Crippen LogP contribution in [0.1, 0.15) is 25.0 Å². The lowest BCUT2D eigenvalue weighted by Crippen LogP contribution is -2.16. The second-order valence-electron chi connectivity index (χ2n) is 16.9. The predicted molar refractivity (Wildman–Crippen MR) is 258 cm³/mol. The summed E-state index contributed by atoms with van der Waals surface area (Å²) in [6.07, 6.45) is 0. The van der Waals surface area contributed by atoms with Gasteiger partial charge in [0.25, 0.3) is 0 Å². The third-order valence-corrected chi connectivity index (χ3v) is 14.5. The number of hydrogen-bond acceptors (Lipinski definition) is 2. The van der Waals surface area contributed by atoms with Crippen LogP contribution in [-0.2, 0) is 5.41 Å². The van der Waals surface area contributed by atoms with Crippen molar-refractivity contribution in [2.75, 3.05) is 4.90 Å². The highest BCUT2D eigenvalue weighted by atomic mass is 32.1. The van der Waals surface area contributed by atoms with Gasteiger partial charge in [0, 0.05) is 54.4 Å². The number of fused-ring (bicyclic) bond motifs is 15. The Bertz CT molecular complexity index is 3770. The molecule has 0 amide bonds. The van der Waals surface area contributed by atoms with Crippen LogP contribution in [0.2, 0.25) is 0 Å². The van der Waals surface area contributed by atoms with Crippen LogP contribution in [0.25, 0.3) is 91.1 Å². The number of thiophene rings is 1. The molecule has 2 aromatic heterocycles. The molecule has 0 unspecified atom stereocenters. The monoisotopic (exact) mass is 782 g/mol. The number of nitrogens with zero attached hydrogens (tertiary/aromatic N) is 2. The van der Waals surface area contributed by atoms with E-state index in [9.17, 15) is 0 Å². The molecule has 0 saturated heterocycles. The molecule has 0 N–H and O–H groups in total. The Hall–Kier alpha value is -7.20. The quantitative estimate of drug-likeness (QED) is 0.173. The Morgan fingerprint density at radius 1 is 0.433 bits per heavy atom. The summed E-state index contributed by atoms with van der Waals surface area (Å²) in [4.78, 5) is 2.48. The van der Waals surface area contributed by atoms with Crippen LogP contribution in [0.3, 0.4) is 0 Å². The zero-order valence-corrected chi connectivity index (χ0v) is 34.1. The Kier molecular flexibility index (Phi) is 6.98. The molecule has 0 atom stereocenters. The number of rotatable bonds is 4. The maximum Gasteiger partial charge on any atom is 0.0726 e. The van der Waals surface area contributed by atoms with E-state index in [1.165, 1.54) is 102 Å². The van der Waals surface area contributed by atoms with Crippen LogP contribution in [0, 0.1) is 0 Å². The Morgan fingerprint density at radius 2 is 1.02 bits per heavy atom. The summed E-state index contributed by atoms with van der Waals surface area (Å²) in [7, 11) is 0. The van der Waals surface area contributed by atoms with Crippen molar-refractivity contribution < 1.29 is 0 Å². The van der Waals surface area contributed by atoms with E-state index in [-0.39, 0.29) is 5.41 Å². The standard InChI is InChI=1S/C57H38N2S/c1-57(2)49-21-11-9-17-43(49)44-29-27-42(34-50(44)57)58(39-25-23-35-13-3-5-15-37(35)31-39)41-28-30-51-48(33-41)53-45-18-7-8-19-46(45)54-47-20-10-12-22-52(47)60-56(54)55(53)59(51)40-26-24-36-14-4-6-16-38(36)32-40/h3-34H,1-2H3. The Morgan fingerprint density at radius 3 is 1.83 bits per heavy atom. The van der Waals surface area contributed by atoms with Crippen LogP contribution >= 0.6 is 11.3 Å². The van der Waals surface area contributed by atoms with Crippen molar-refractivity contribution in [1.82, 2.24) is 4.57 Å². The fraction of sp³-hybridized carbons (Fsp3) is 0.0526. The molecular formula is C57H38N2S. The first-order valence-corrected chi connectivity index (χ1v) is 21.7. The van der Waals surface area contributed by atoms with Crippen LogP contribution in [0.5, 0.6) is 0 Å². The molecule has 1 aliphatic rings. The molecule has 2 heterocycles. The largest absolute Gasteiger partial charge is 0.310 e. The maximum atomic E-state index is 2.54. The molecule has 1 aliphatic carbocycles. The number of anilines is 3. The molecule has 0 spiro atoms. The molecule has 0 aliphatic heterocycles. The second kappa shape index (κ2) is 12.4. The average Bonchev–Trinajstić information content (AvgIpc) is 3.92. The van der Waals surface area contributed by atoms with E-state index >= 15 is 0 Å². The topological polar surface area (TPSA) is 8.17 Å². The van der Waals surface area contributed by atoms with Crippen LogP contribution in [-0.4, -0.2) is 4.57 Å². The molecular weight excluding hydrogens is 745 g/mol. The summed E-state index contributed by atoms with van der Waals surface area (Å²) in [6, 6.07) is 72.4. The lowest BCUT2D eigenvalue weighted by molar-refractivity contribution is 0.660. The van der Waals surface area contributed by atoms with E-state index < -0.39 is 0 Å². The zero-order chi connectivity index (χ0) is 39.7. The van der Waals surface area contributed by atoms with E-state index in [1.807, 2.05) is 11.3 Å². The van der Waals surface area contributed by atoms with E-state index in [4.69, 9.17) is 0 Å². The highest BCUT2D eigenvalue weighted by Gasteiger charge is 2.36. The minimum atomic E-state index is -0.122. The van der Waals surface area contributed by atoms with E-state index in [0.29, 0.717) is 0 Å². The second-order valence-corrected chi connectivity index (χ2v) is 18.0. The number of benzene rings is 10. The van der Waals surface area contributed by atoms with Gasteiger partial charge in [-0.1, -0.05) is 147 Å². The summed E-state index contributed by atoms with van der Waals surface area (Å²) in [5.41, 5.74) is 12.3. The van der Waals surface area contributed by atoms with Crippen molar-refractivity contribution in [3.63, 3.8) is 0 Å². The fourth-order valence-corrected chi connectivity index (χ4v) is 11.7. The van der Waals surface area contributed by atoms with Crippen LogP contribution < -0.4 is 4.90 Å². The predicted octanol–water partition coefficient (Wildman–Crippen LogP) is 16.4. The van der Waals surface area contributed by atoms with Gasteiger partial charge in [0.05, 0.1) is 15.7 Å². The lowest BCUT2D eigenvalue weighted by atomic mass is 9.82. The van der Waals surface area contributed by atoms with Gasteiger partial charge in [-0.25, -0.2) is 0 Å². The molecule has 0 fully saturated rings. The SMILES string of the molecule is CC1(C)c2ccccc2-c2ccc(N(c3ccc4ccccc4c3)c3ccc4c(c3)c3c5ccccc5c5c6ccccc6sc5c3n4-c3ccc4ccccc4c3)cc21. The van der Waals surface area contributed by atoms with Gasteiger partial charge in [0.2, 0.25) is 0 Å². The molecule has 0 bridgehead atoms. The van der Waals surface area contributed by atoms with Crippen molar-refractivity contribution >= 4 is 103 Å². The van der Waals surface area contributed by atoms with Gasteiger partial charge in [0.1, 0.15) is 0 Å². The lowest BCUT2D eigenvalue weighted by Gasteiger charge is -2.28. The van der Waals surface area contributed by atoms with Gasteiger partial charge in [-0.3, -0.25) is 0 Å². The molecule has 0 radical (unpaired) electrons. The van der Waals surface area contributed by atoms with Crippen LogP contribution in [0.4, 0.5) is 17.1 Å². The molecule has 60 heavy (non-hydrogen) atoms. The smallest absolute Gasteiger partial charge is 0.0726 e. The van der Waals surface area contributed by atoms with Crippen molar-refractivity contribution in [2.45, 2.75) is 19.3 Å². The zero-order valence-electron chi connectivity index (χ0n) is 33.3. The highest BCUT2D eigenvalue weighted by molar-refractivity contribution is 7.27. The molecule has 3 heteroatoms. The fourth-order valence-electron chi connectivity index (χ4n) is 10.5. The Labute approximate surface area is 351 Å². The van der Waals surface area contributed by atoms with E-state index in [2.05, 4.69) is 217 Å². The molecule has 282 valence electrons. The van der Waals surface area contributed by atoms with Gasteiger partial charge in [-0.05, 0) is 115 Å². The summed E-state index contributed by atoms with van der Waals surface area (Å²) in [5.74, 6) is 0. The minimum Gasteiger partial charge on any atom is -0.310 e. The van der Waals surface area contributed by atoms with Crippen molar-refractivity contribution in [2.24, 2.45) is 0 Å². The number of aromatic nitrogens is 1. The van der Waals surface area contributed by atoms with Crippen molar-refractivity contribution in [1.29, 1.82) is 0 Å². The molecule has 13 rings (SSSR count).